The van der Waals surface area contributed by atoms with Crippen LogP contribution in [-0.4, -0.2) is 30.5 Å². The normalized spacial score (nSPS) is 14.2. The Hall–Kier alpha value is -2.53. The van der Waals surface area contributed by atoms with Gasteiger partial charge >= 0.3 is 0 Å². The fourth-order valence-corrected chi connectivity index (χ4v) is 2.93. The smallest absolute Gasteiger partial charge is 0.260 e. The number of benzene rings is 2. The van der Waals surface area contributed by atoms with Crippen LogP contribution in [0.5, 0.6) is 5.75 Å². The lowest BCUT2D eigenvalue weighted by Gasteiger charge is -2.26. The largest absolute Gasteiger partial charge is 0.483 e. The number of amides is 1. The minimum atomic E-state index is 0.0740. The number of piperidine rings is 1. The summed E-state index contributed by atoms with van der Waals surface area (Å²) in [4.78, 5) is 14.2. The molecule has 0 aromatic heterocycles. The predicted molar refractivity (Wildman–Crippen MR) is 99.3 cm³/mol. The molecule has 5 nitrogen and oxygen atoms in total. The van der Waals surface area contributed by atoms with Gasteiger partial charge in [0.2, 0.25) is 0 Å². The number of nitrogens with one attached hydrogen (secondary N) is 2. The van der Waals surface area contributed by atoms with Gasteiger partial charge in [-0.1, -0.05) is 36.4 Å². The maximum absolute atomic E-state index is 12.3. The van der Waals surface area contributed by atoms with Crippen molar-refractivity contribution in [3.63, 3.8) is 0 Å². The van der Waals surface area contributed by atoms with E-state index in [1.807, 2.05) is 59.5 Å². The monoisotopic (exact) mass is 339 g/mol. The summed E-state index contributed by atoms with van der Waals surface area (Å²) in [5.41, 5.74) is 8.35. The number of carbonyl (C=O) groups is 1. The molecule has 0 saturated carbocycles. The standard InChI is InChI=1S/C20H25N3O2/c24-20(23-13-7-2-8-14-23)16-25-19-12-6-5-9-17(19)15-21-22-18-10-3-1-4-11-18/h1,3-6,9-12,21-22H,2,7-8,13-16H2. The minimum Gasteiger partial charge on any atom is -0.483 e. The van der Waals surface area contributed by atoms with Crippen LogP contribution in [0.15, 0.2) is 54.6 Å². The quantitative estimate of drug-likeness (QED) is 0.761. The van der Waals surface area contributed by atoms with Gasteiger partial charge in [-0.15, -0.1) is 0 Å². The van der Waals surface area contributed by atoms with Crippen LogP contribution < -0.4 is 15.6 Å². The molecule has 0 atom stereocenters. The van der Waals surface area contributed by atoms with Crippen molar-refractivity contribution in [3.05, 3.63) is 60.2 Å². The van der Waals surface area contributed by atoms with Gasteiger partial charge < -0.3 is 15.1 Å². The van der Waals surface area contributed by atoms with Crippen molar-refractivity contribution in [3.8, 4) is 5.75 Å². The molecular weight excluding hydrogens is 314 g/mol. The molecule has 1 aliphatic heterocycles. The van der Waals surface area contributed by atoms with Crippen LogP contribution in [0.1, 0.15) is 24.8 Å². The topological polar surface area (TPSA) is 53.6 Å². The van der Waals surface area contributed by atoms with Crippen LogP contribution in [0.3, 0.4) is 0 Å². The summed E-state index contributed by atoms with van der Waals surface area (Å²) in [7, 11) is 0. The Balaban J connectivity index is 1.50. The number of carbonyl (C=O) groups excluding carboxylic acids is 1. The van der Waals surface area contributed by atoms with Gasteiger partial charge in [-0.25, -0.2) is 5.43 Å². The molecular formula is C20H25N3O2. The lowest BCUT2D eigenvalue weighted by Crippen LogP contribution is -2.38. The Morgan fingerprint density at radius 1 is 0.960 bits per heavy atom. The van der Waals surface area contributed by atoms with Crippen molar-refractivity contribution in [1.29, 1.82) is 0 Å². The van der Waals surface area contributed by atoms with Gasteiger partial charge in [0.1, 0.15) is 5.75 Å². The van der Waals surface area contributed by atoms with Gasteiger partial charge in [0.15, 0.2) is 6.61 Å². The molecule has 0 radical (unpaired) electrons. The number of hydrazine groups is 1. The highest BCUT2D eigenvalue weighted by Gasteiger charge is 2.17. The first-order chi connectivity index (χ1) is 12.3. The number of rotatable bonds is 7. The average molecular weight is 339 g/mol. The van der Waals surface area contributed by atoms with Crippen molar-refractivity contribution in [2.24, 2.45) is 0 Å². The van der Waals surface area contributed by atoms with E-state index in [0.29, 0.717) is 6.54 Å². The predicted octanol–water partition coefficient (Wildman–Crippen LogP) is 3.19. The Labute approximate surface area is 149 Å². The molecule has 0 unspecified atom stereocenters. The summed E-state index contributed by atoms with van der Waals surface area (Å²) in [6.45, 7) is 2.41. The molecule has 0 spiro atoms. The first-order valence-electron chi connectivity index (χ1n) is 8.85. The third kappa shape index (κ3) is 5.22. The van der Waals surface area contributed by atoms with Crippen LogP contribution in [0, 0.1) is 0 Å². The second-order valence-electron chi connectivity index (χ2n) is 6.18. The molecule has 1 heterocycles. The van der Waals surface area contributed by atoms with E-state index in [2.05, 4.69) is 10.9 Å². The zero-order chi connectivity index (χ0) is 17.3. The second kappa shape index (κ2) is 9.08. The van der Waals surface area contributed by atoms with Gasteiger partial charge in [-0.2, -0.15) is 0 Å². The van der Waals surface area contributed by atoms with Crippen molar-refractivity contribution in [1.82, 2.24) is 10.3 Å². The Morgan fingerprint density at radius 2 is 1.68 bits per heavy atom. The molecule has 1 amide bonds. The number of hydrogen-bond acceptors (Lipinski definition) is 4. The van der Waals surface area contributed by atoms with Crippen LogP contribution in [-0.2, 0) is 11.3 Å². The lowest BCUT2D eigenvalue weighted by atomic mass is 10.1. The van der Waals surface area contributed by atoms with E-state index >= 15 is 0 Å². The number of likely N-dealkylation sites (tertiary alicyclic amines) is 1. The molecule has 2 aromatic rings. The van der Waals surface area contributed by atoms with E-state index in [9.17, 15) is 4.79 Å². The van der Waals surface area contributed by atoms with E-state index in [1.54, 1.807) is 0 Å². The van der Waals surface area contributed by atoms with Crippen molar-refractivity contribution in [2.45, 2.75) is 25.8 Å². The van der Waals surface area contributed by atoms with Crippen LogP contribution >= 0.6 is 0 Å². The number of hydrogen-bond donors (Lipinski definition) is 2. The molecule has 0 bridgehead atoms. The zero-order valence-corrected chi connectivity index (χ0v) is 14.4. The molecule has 25 heavy (non-hydrogen) atoms. The Bertz CT molecular complexity index is 670. The fraction of sp³-hybridized carbons (Fsp3) is 0.350. The Morgan fingerprint density at radius 3 is 2.48 bits per heavy atom. The molecule has 5 heteroatoms. The summed E-state index contributed by atoms with van der Waals surface area (Å²) < 4.78 is 5.80. The molecule has 1 fully saturated rings. The second-order valence-corrected chi connectivity index (χ2v) is 6.18. The average Bonchev–Trinajstić information content (AvgIpc) is 2.68. The highest BCUT2D eigenvalue weighted by Crippen LogP contribution is 2.18. The van der Waals surface area contributed by atoms with Gasteiger partial charge in [-0.05, 0) is 37.5 Å². The summed E-state index contributed by atoms with van der Waals surface area (Å²) in [6, 6.07) is 17.7. The summed E-state index contributed by atoms with van der Waals surface area (Å²) in [5.74, 6) is 0.820. The molecule has 1 saturated heterocycles. The van der Waals surface area contributed by atoms with Crippen LogP contribution in [0.4, 0.5) is 5.69 Å². The van der Waals surface area contributed by atoms with Crippen LogP contribution in [0.25, 0.3) is 0 Å². The number of ether oxygens (including phenoxy) is 1. The number of anilines is 1. The first-order valence-corrected chi connectivity index (χ1v) is 8.85. The third-order valence-corrected chi connectivity index (χ3v) is 4.32. The molecule has 2 aromatic carbocycles. The highest BCUT2D eigenvalue weighted by molar-refractivity contribution is 5.77. The fourth-order valence-electron chi connectivity index (χ4n) is 2.93. The van der Waals surface area contributed by atoms with Gasteiger partial charge in [0, 0.05) is 30.9 Å². The van der Waals surface area contributed by atoms with E-state index in [4.69, 9.17) is 4.74 Å². The van der Waals surface area contributed by atoms with E-state index < -0.39 is 0 Å². The zero-order valence-electron chi connectivity index (χ0n) is 14.4. The lowest BCUT2D eigenvalue weighted by molar-refractivity contribution is -0.134. The maximum atomic E-state index is 12.3. The number of nitrogens with zero attached hydrogens (tertiary/aromatic N) is 1. The maximum Gasteiger partial charge on any atom is 0.260 e. The molecule has 2 N–H and O–H groups in total. The third-order valence-electron chi connectivity index (χ3n) is 4.32. The molecule has 0 aliphatic carbocycles. The molecule has 1 aliphatic rings. The van der Waals surface area contributed by atoms with Crippen molar-refractivity contribution >= 4 is 11.6 Å². The van der Waals surface area contributed by atoms with E-state index in [-0.39, 0.29) is 12.5 Å². The summed E-state index contributed by atoms with van der Waals surface area (Å²) in [5, 5.41) is 0. The van der Waals surface area contributed by atoms with Gasteiger partial charge in [0.05, 0.1) is 0 Å². The van der Waals surface area contributed by atoms with Crippen LogP contribution in [0.2, 0.25) is 0 Å². The van der Waals surface area contributed by atoms with Gasteiger partial charge in [0.25, 0.3) is 5.91 Å². The summed E-state index contributed by atoms with van der Waals surface area (Å²) >= 11 is 0. The Kier molecular flexibility index (Phi) is 6.29. The van der Waals surface area contributed by atoms with Gasteiger partial charge in [-0.3, -0.25) is 4.79 Å². The SMILES string of the molecule is O=C(COc1ccccc1CNNc1ccccc1)N1CCCCC1. The van der Waals surface area contributed by atoms with E-state index in [0.717, 1.165) is 42.9 Å². The molecule has 132 valence electrons. The van der Waals surface area contributed by atoms with Crippen molar-refractivity contribution < 1.29 is 9.53 Å². The van der Waals surface area contributed by atoms with E-state index in [1.165, 1.54) is 6.42 Å². The van der Waals surface area contributed by atoms with Crippen molar-refractivity contribution in [2.75, 3.05) is 25.1 Å². The summed E-state index contributed by atoms with van der Waals surface area (Å²) in [6.07, 6.45) is 3.41. The highest BCUT2D eigenvalue weighted by atomic mass is 16.5. The number of para-hydroxylation sites is 2. The molecule has 3 rings (SSSR count). The first kappa shape index (κ1) is 17.3. The minimum absolute atomic E-state index is 0.0740.